The number of ether oxygens (including phenoxy) is 1. The van der Waals surface area contributed by atoms with Gasteiger partial charge in [-0.15, -0.1) is 11.3 Å². The molecule has 170 valence electrons. The molecule has 2 saturated heterocycles. The SMILES string of the molecule is CN=C1CCOCCN1c1ccc(NC(=O)C2(NC(=O)c3ccc(Br)s3)CSC2)cc1Cl. The number of rotatable bonds is 5. The van der Waals surface area contributed by atoms with Crippen LogP contribution in [0.15, 0.2) is 39.1 Å². The zero-order valence-corrected chi connectivity index (χ0v) is 21.3. The summed E-state index contributed by atoms with van der Waals surface area (Å²) in [6.07, 6.45) is 0.714. The van der Waals surface area contributed by atoms with Gasteiger partial charge in [-0.2, -0.15) is 11.8 Å². The summed E-state index contributed by atoms with van der Waals surface area (Å²) >= 11 is 12.9. The topological polar surface area (TPSA) is 83.0 Å². The second kappa shape index (κ2) is 10.1. The van der Waals surface area contributed by atoms with E-state index in [4.69, 9.17) is 16.3 Å². The Balaban J connectivity index is 1.48. The quantitative estimate of drug-likeness (QED) is 0.574. The maximum atomic E-state index is 13.1. The number of hydrogen-bond donors (Lipinski definition) is 2. The molecule has 0 atom stereocenters. The van der Waals surface area contributed by atoms with Crippen LogP contribution in [0, 0.1) is 0 Å². The van der Waals surface area contributed by atoms with Gasteiger partial charge in [0.1, 0.15) is 11.4 Å². The Kier molecular flexibility index (Phi) is 7.46. The first-order valence-electron chi connectivity index (χ1n) is 9.99. The molecule has 1 aromatic heterocycles. The van der Waals surface area contributed by atoms with Gasteiger partial charge in [-0.1, -0.05) is 11.6 Å². The minimum atomic E-state index is -0.937. The molecule has 2 aromatic rings. The molecule has 0 spiro atoms. The maximum Gasteiger partial charge on any atom is 0.262 e. The molecule has 11 heteroatoms. The number of carbonyl (C=O) groups is 2. The van der Waals surface area contributed by atoms with Crippen molar-refractivity contribution in [3.05, 3.63) is 44.0 Å². The molecule has 0 bridgehead atoms. The highest BCUT2D eigenvalue weighted by Crippen LogP contribution is 2.34. The van der Waals surface area contributed by atoms with Gasteiger partial charge in [0, 0.05) is 37.2 Å². The van der Waals surface area contributed by atoms with E-state index in [0.29, 0.717) is 53.3 Å². The summed E-state index contributed by atoms with van der Waals surface area (Å²) in [5, 5.41) is 6.36. The summed E-state index contributed by atoms with van der Waals surface area (Å²) in [5.74, 6) is 1.46. The number of carbonyl (C=O) groups excluding carboxylic acids is 2. The third-order valence-electron chi connectivity index (χ3n) is 5.28. The molecule has 2 fully saturated rings. The first-order chi connectivity index (χ1) is 15.4. The largest absolute Gasteiger partial charge is 0.379 e. The normalized spacial score (nSPS) is 19.2. The second-order valence-corrected chi connectivity index (χ2v) is 11.3. The Morgan fingerprint density at radius 2 is 2.06 bits per heavy atom. The van der Waals surface area contributed by atoms with Gasteiger partial charge in [-0.25, -0.2) is 0 Å². The number of amides is 2. The molecule has 2 aliphatic rings. The van der Waals surface area contributed by atoms with Crippen LogP contribution in [0.3, 0.4) is 0 Å². The molecular formula is C21H22BrClN4O3S2. The lowest BCUT2D eigenvalue weighted by molar-refractivity contribution is -0.120. The van der Waals surface area contributed by atoms with E-state index in [1.165, 1.54) is 11.3 Å². The highest BCUT2D eigenvalue weighted by molar-refractivity contribution is 9.11. The van der Waals surface area contributed by atoms with Crippen molar-refractivity contribution < 1.29 is 14.3 Å². The minimum Gasteiger partial charge on any atom is -0.379 e. The monoisotopic (exact) mass is 556 g/mol. The number of aliphatic imine (C=N–C) groups is 1. The molecule has 32 heavy (non-hydrogen) atoms. The summed E-state index contributed by atoms with van der Waals surface area (Å²) < 4.78 is 6.42. The van der Waals surface area contributed by atoms with Crippen LogP contribution in [0.5, 0.6) is 0 Å². The van der Waals surface area contributed by atoms with E-state index in [-0.39, 0.29) is 11.8 Å². The number of halogens is 2. The zero-order valence-electron chi connectivity index (χ0n) is 17.3. The van der Waals surface area contributed by atoms with Crippen LogP contribution < -0.4 is 15.5 Å². The average Bonchev–Trinajstić information content (AvgIpc) is 3.04. The zero-order chi connectivity index (χ0) is 22.7. The van der Waals surface area contributed by atoms with Crippen molar-refractivity contribution in [1.82, 2.24) is 5.32 Å². The fourth-order valence-electron chi connectivity index (χ4n) is 3.51. The van der Waals surface area contributed by atoms with Crippen molar-refractivity contribution in [2.45, 2.75) is 12.0 Å². The van der Waals surface area contributed by atoms with Crippen LogP contribution >= 0.6 is 50.6 Å². The smallest absolute Gasteiger partial charge is 0.262 e. The Bertz CT molecular complexity index is 1060. The summed E-state index contributed by atoms with van der Waals surface area (Å²) in [5.41, 5.74) is 0.462. The molecule has 4 rings (SSSR count). The third kappa shape index (κ3) is 4.99. The number of nitrogens with zero attached hydrogens (tertiary/aromatic N) is 2. The number of thioether (sulfide) groups is 1. The average molecular weight is 558 g/mol. The number of nitrogens with one attached hydrogen (secondary N) is 2. The van der Waals surface area contributed by atoms with Crippen molar-refractivity contribution in [2.24, 2.45) is 4.99 Å². The fraction of sp³-hybridized carbons (Fsp3) is 0.381. The third-order valence-corrected chi connectivity index (χ3v) is 8.60. The van der Waals surface area contributed by atoms with Crippen LogP contribution in [0.25, 0.3) is 0 Å². The van der Waals surface area contributed by atoms with Crippen molar-refractivity contribution >= 4 is 79.7 Å². The number of amidine groups is 1. The van der Waals surface area contributed by atoms with Crippen LogP contribution in [0.4, 0.5) is 11.4 Å². The molecule has 1 aromatic carbocycles. The van der Waals surface area contributed by atoms with Gasteiger partial charge < -0.3 is 20.3 Å². The van der Waals surface area contributed by atoms with Gasteiger partial charge in [0.25, 0.3) is 11.8 Å². The molecule has 7 nitrogen and oxygen atoms in total. The van der Waals surface area contributed by atoms with Gasteiger partial charge in [0.05, 0.1) is 32.6 Å². The van der Waals surface area contributed by atoms with Gasteiger partial charge in [-0.3, -0.25) is 14.6 Å². The summed E-state index contributed by atoms with van der Waals surface area (Å²) in [4.78, 5) is 32.7. The van der Waals surface area contributed by atoms with Gasteiger partial charge in [-0.05, 0) is 46.3 Å². The van der Waals surface area contributed by atoms with Crippen LogP contribution in [0.2, 0.25) is 5.02 Å². The van der Waals surface area contributed by atoms with Gasteiger partial charge in [0.2, 0.25) is 0 Å². The number of benzene rings is 1. The van der Waals surface area contributed by atoms with Crippen molar-refractivity contribution in [2.75, 3.05) is 48.5 Å². The maximum absolute atomic E-state index is 13.1. The van der Waals surface area contributed by atoms with Gasteiger partial charge in [0.15, 0.2) is 0 Å². The lowest BCUT2D eigenvalue weighted by atomic mass is 10.0. The first-order valence-corrected chi connectivity index (χ1v) is 13.1. The molecule has 0 aliphatic carbocycles. The van der Waals surface area contributed by atoms with Crippen LogP contribution in [-0.4, -0.2) is 61.5 Å². The van der Waals surface area contributed by atoms with E-state index in [9.17, 15) is 9.59 Å². The molecule has 0 unspecified atom stereocenters. The predicted octanol–water partition coefficient (Wildman–Crippen LogP) is 4.27. The van der Waals surface area contributed by atoms with Crippen molar-refractivity contribution in [1.29, 1.82) is 0 Å². The first kappa shape index (κ1) is 23.6. The fourth-order valence-corrected chi connectivity index (χ4v) is 6.10. The molecule has 2 amide bonds. The van der Waals surface area contributed by atoms with Crippen molar-refractivity contribution in [3.63, 3.8) is 0 Å². The standard InChI is InChI=1S/C21H22BrClN4O3S2/c1-24-18-6-8-30-9-7-27(18)15-3-2-13(10-14(15)23)25-20(29)21(11-31-12-21)26-19(28)16-4-5-17(22)32-16/h2-5,10H,6-9,11-12H2,1H3,(H,25,29)(H,26,28). The lowest BCUT2D eigenvalue weighted by Crippen LogP contribution is -2.65. The van der Waals surface area contributed by atoms with E-state index in [1.54, 1.807) is 30.9 Å². The summed E-state index contributed by atoms with van der Waals surface area (Å²) in [6, 6.07) is 8.97. The molecule has 2 aliphatic heterocycles. The minimum absolute atomic E-state index is 0.247. The lowest BCUT2D eigenvalue weighted by Gasteiger charge is -2.40. The van der Waals surface area contributed by atoms with Crippen molar-refractivity contribution in [3.8, 4) is 0 Å². The Morgan fingerprint density at radius 3 is 2.69 bits per heavy atom. The highest BCUT2D eigenvalue weighted by atomic mass is 79.9. The highest BCUT2D eigenvalue weighted by Gasteiger charge is 2.46. The van der Waals surface area contributed by atoms with Crippen LogP contribution in [0.1, 0.15) is 16.1 Å². The second-order valence-electron chi connectivity index (χ2n) is 7.41. The number of anilines is 2. The van der Waals surface area contributed by atoms with E-state index in [2.05, 4.69) is 31.6 Å². The summed E-state index contributed by atoms with van der Waals surface area (Å²) in [7, 11) is 1.76. The Labute approximate surface area is 208 Å². The molecule has 0 radical (unpaired) electrons. The molecule has 2 N–H and O–H groups in total. The number of hydrogen-bond acceptors (Lipinski definition) is 6. The Morgan fingerprint density at radius 1 is 1.25 bits per heavy atom. The van der Waals surface area contributed by atoms with E-state index >= 15 is 0 Å². The summed E-state index contributed by atoms with van der Waals surface area (Å²) in [6.45, 7) is 1.88. The van der Waals surface area contributed by atoms with E-state index in [0.717, 1.165) is 15.3 Å². The van der Waals surface area contributed by atoms with Crippen LogP contribution in [-0.2, 0) is 9.53 Å². The molecule has 3 heterocycles. The predicted molar refractivity (Wildman–Crippen MR) is 136 cm³/mol. The Hall–Kier alpha value is -1.59. The molecule has 0 saturated carbocycles. The number of thiophene rings is 1. The van der Waals surface area contributed by atoms with Gasteiger partial charge >= 0.3 is 0 Å². The molecular weight excluding hydrogens is 536 g/mol. The van der Waals surface area contributed by atoms with E-state index < -0.39 is 5.54 Å². The van der Waals surface area contributed by atoms with E-state index in [1.807, 2.05) is 23.1 Å².